The van der Waals surface area contributed by atoms with E-state index in [9.17, 15) is 18.0 Å². The number of nitrogens with one attached hydrogen (secondary N) is 2. The summed E-state index contributed by atoms with van der Waals surface area (Å²) in [7, 11) is -2.29. The first-order valence-corrected chi connectivity index (χ1v) is 12.6. The molecule has 3 aromatic rings. The Labute approximate surface area is 206 Å². The molecule has 184 valence electrons. The predicted octanol–water partition coefficient (Wildman–Crippen LogP) is 4.54. The van der Waals surface area contributed by atoms with Crippen LogP contribution in [0.3, 0.4) is 0 Å². The molecule has 0 aromatic heterocycles. The van der Waals surface area contributed by atoms with Crippen molar-refractivity contribution in [3.05, 3.63) is 83.4 Å². The summed E-state index contributed by atoms with van der Waals surface area (Å²) in [6.07, 6.45) is 0. The summed E-state index contributed by atoms with van der Waals surface area (Å²) in [4.78, 5) is 25.7. The minimum atomic E-state index is -3.72. The molecule has 3 rings (SSSR count). The number of carbonyl (C=O) groups is 2. The van der Waals surface area contributed by atoms with Crippen LogP contribution in [0.2, 0.25) is 0 Å². The van der Waals surface area contributed by atoms with Crippen LogP contribution in [-0.2, 0) is 10.0 Å². The Morgan fingerprint density at radius 3 is 2.09 bits per heavy atom. The van der Waals surface area contributed by atoms with Gasteiger partial charge in [-0.15, -0.1) is 0 Å². The lowest BCUT2D eigenvalue weighted by atomic mass is 10.1. The van der Waals surface area contributed by atoms with Crippen LogP contribution in [0.5, 0.6) is 5.75 Å². The van der Waals surface area contributed by atoms with E-state index in [1.54, 1.807) is 56.3 Å². The molecule has 0 unspecified atom stereocenters. The molecule has 0 aliphatic carbocycles. The largest absolute Gasteiger partial charge is 0.495 e. The predicted molar refractivity (Wildman–Crippen MR) is 137 cm³/mol. The molecule has 0 saturated carbocycles. The fourth-order valence-electron chi connectivity index (χ4n) is 3.53. The van der Waals surface area contributed by atoms with Gasteiger partial charge in [0.05, 0.1) is 17.7 Å². The van der Waals surface area contributed by atoms with Gasteiger partial charge in [-0.2, -0.15) is 4.31 Å². The number of sulfonamides is 1. The minimum absolute atomic E-state index is 0.0528. The van der Waals surface area contributed by atoms with Crippen molar-refractivity contribution in [2.75, 3.05) is 30.8 Å². The van der Waals surface area contributed by atoms with Crippen LogP contribution in [0.1, 0.15) is 40.1 Å². The molecular weight excluding hydrogens is 466 g/mol. The molecule has 2 N–H and O–H groups in total. The van der Waals surface area contributed by atoms with Crippen LogP contribution >= 0.6 is 0 Å². The Hall–Kier alpha value is -3.69. The molecule has 0 fully saturated rings. The van der Waals surface area contributed by atoms with Crippen LogP contribution < -0.4 is 15.4 Å². The second kappa shape index (κ2) is 11.2. The third-order valence-corrected chi connectivity index (χ3v) is 7.59. The maximum atomic E-state index is 13.1. The third-order valence-electron chi connectivity index (χ3n) is 5.55. The van der Waals surface area contributed by atoms with Gasteiger partial charge in [0.25, 0.3) is 11.8 Å². The number of hydrogen-bond acceptors (Lipinski definition) is 5. The highest BCUT2D eigenvalue weighted by molar-refractivity contribution is 7.89. The molecule has 35 heavy (non-hydrogen) atoms. The monoisotopic (exact) mass is 495 g/mol. The van der Waals surface area contributed by atoms with Crippen molar-refractivity contribution in [2.24, 2.45) is 0 Å². The number of methoxy groups -OCH3 is 1. The Kier molecular flexibility index (Phi) is 8.26. The molecule has 3 aromatic carbocycles. The van der Waals surface area contributed by atoms with Crippen molar-refractivity contribution in [3.8, 4) is 5.75 Å². The molecule has 0 spiro atoms. The second-order valence-corrected chi connectivity index (χ2v) is 9.69. The molecule has 0 saturated heterocycles. The molecule has 0 radical (unpaired) electrons. The summed E-state index contributed by atoms with van der Waals surface area (Å²) in [5.74, 6) is -0.445. The topological polar surface area (TPSA) is 105 Å². The molecule has 9 heteroatoms. The van der Waals surface area contributed by atoms with Gasteiger partial charge in [0.15, 0.2) is 0 Å². The summed E-state index contributed by atoms with van der Waals surface area (Å²) in [5.41, 5.74) is 2.30. The Morgan fingerprint density at radius 2 is 1.46 bits per heavy atom. The smallest absolute Gasteiger partial charge is 0.255 e. The first-order chi connectivity index (χ1) is 16.7. The average molecular weight is 496 g/mol. The number of rotatable bonds is 9. The van der Waals surface area contributed by atoms with E-state index in [1.165, 1.54) is 29.6 Å². The van der Waals surface area contributed by atoms with E-state index in [0.717, 1.165) is 5.56 Å². The number of nitrogens with zero attached hydrogens (tertiary/aromatic N) is 1. The van der Waals surface area contributed by atoms with Gasteiger partial charge in [-0.05, 0) is 55.0 Å². The fraction of sp³-hybridized carbons (Fsp3) is 0.231. The van der Waals surface area contributed by atoms with Crippen molar-refractivity contribution < 1.29 is 22.7 Å². The maximum absolute atomic E-state index is 13.1. The van der Waals surface area contributed by atoms with E-state index in [1.807, 2.05) is 13.0 Å². The molecule has 8 nitrogen and oxygen atoms in total. The molecule has 0 aliphatic heterocycles. The zero-order chi connectivity index (χ0) is 25.6. The Balaban J connectivity index is 1.88. The van der Waals surface area contributed by atoms with Gasteiger partial charge in [-0.1, -0.05) is 38.1 Å². The van der Waals surface area contributed by atoms with Crippen LogP contribution in [-0.4, -0.2) is 44.7 Å². The molecule has 0 atom stereocenters. The first-order valence-electron chi connectivity index (χ1n) is 11.2. The Morgan fingerprint density at radius 1 is 0.829 bits per heavy atom. The zero-order valence-corrected chi connectivity index (χ0v) is 21.0. The molecule has 0 heterocycles. The van der Waals surface area contributed by atoms with Gasteiger partial charge in [0, 0.05) is 29.9 Å². The number of amides is 2. The number of hydrogen-bond donors (Lipinski definition) is 2. The second-order valence-electron chi connectivity index (χ2n) is 7.76. The molecular formula is C26H29N3O5S. The lowest BCUT2D eigenvalue weighted by Crippen LogP contribution is -2.30. The highest BCUT2D eigenvalue weighted by atomic mass is 32.2. The molecule has 0 bridgehead atoms. The highest BCUT2D eigenvalue weighted by Crippen LogP contribution is 2.30. The van der Waals surface area contributed by atoms with E-state index in [2.05, 4.69) is 10.6 Å². The third kappa shape index (κ3) is 5.87. The van der Waals surface area contributed by atoms with E-state index in [0.29, 0.717) is 30.1 Å². The van der Waals surface area contributed by atoms with E-state index in [-0.39, 0.29) is 22.1 Å². The first kappa shape index (κ1) is 25.9. The summed E-state index contributed by atoms with van der Waals surface area (Å²) in [6, 6.07) is 18.0. The van der Waals surface area contributed by atoms with Gasteiger partial charge >= 0.3 is 0 Å². The number of carbonyl (C=O) groups excluding carboxylic acids is 2. The average Bonchev–Trinajstić information content (AvgIpc) is 2.86. The van der Waals surface area contributed by atoms with E-state index >= 15 is 0 Å². The number of aryl methyl sites for hydroxylation is 1. The summed E-state index contributed by atoms with van der Waals surface area (Å²) in [5, 5.41) is 5.57. The van der Waals surface area contributed by atoms with Crippen molar-refractivity contribution in [2.45, 2.75) is 25.7 Å². The summed E-state index contributed by atoms with van der Waals surface area (Å²) in [6.45, 7) is 6.01. The zero-order valence-electron chi connectivity index (χ0n) is 20.2. The number of benzene rings is 3. The van der Waals surface area contributed by atoms with Gasteiger partial charge in [-0.25, -0.2) is 8.42 Å². The summed E-state index contributed by atoms with van der Waals surface area (Å²) >= 11 is 0. The van der Waals surface area contributed by atoms with Crippen molar-refractivity contribution in [1.29, 1.82) is 0 Å². The number of ether oxygens (including phenoxy) is 1. The van der Waals surface area contributed by atoms with Crippen LogP contribution in [0.15, 0.2) is 71.6 Å². The standard InChI is InChI=1S/C26H29N3O5S/c1-5-29(6-2)35(32,33)21-14-15-24(34-4)23(17-21)28-26(31)20-13-12-18(3)22(16-20)27-25(30)19-10-8-7-9-11-19/h7-17H,5-6H2,1-4H3,(H,27,30)(H,28,31). The van der Waals surface area contributed by atoms with Gasteiger partial charge in [0.2, 0.25) is 10.0 Å². The van der Waals surface area contributed by atoms with Gasteiger partial charge in [-0.3, -0.25) is 9.59 Å². The van der Waals surface area contributed by atoms with Crippen LogP contribution in [0.4, 0.5) is 11.4 Å². The van der Waals surface area contributed by atoms with E-state index in [4.69, 9.17) is 4.74 Å². The van der Waals surface area contributed by atoms with Gasteiger partial charge in [0.1, 0.15) is 5.75 Å². The summed E-state index contributed by atoms with van der Waals surface area (Å²) < 4.78 is 32.5. The van der Waals surface area contributed by atoms with Crippen molar-refractivity contribution in [1.82, 2.24) is 4.31 Å². The number of anilines is 2. The SMILES string of the molecule is CCN(CC)S(=O)(=O)c1ccc(OC)c(NC(=O)c2ccc(C)c(NC(=O)c3ccccc3)c2)c1. The van der Waals surface area contributed by atoms with Crippen molar-refractivity contribution in [3.63, 3.8) is 0 Å². The minimum Gasteiger partial charge on any atom is -0.495 e. The molecule has 0 aliphatic rings. The Bertz CT molecular complexity index is 1320. The lowest BCUT2D eigenvalue weighted by molar-refractivity contribution is 0.101. The fourth-order valence-corrected chi connectivity index (χ4v) is 5.02. The quantitative estimate of drug-likeness (QED) is 0.454. The van der Waals surface area contributed by atoms with Crippen LogP contribution in [0, 0.1) is 6.92 Å². The highest BCUT2D eigenvalue weighted by Gasteiger charge is 2.23. The van der Waals surface area contributed by atoms with Crippen molar-refractivity contribution >= 4 is 33.2 Å². The molecule has 2 amide bonds. The normalized spacial score (nSPS) is 11.2. The maximum Gasteiger partial charge on any atom is 0.255 e. The van der Waals surface area contributed by atoms with Gasteiger partial charge < -0.3 is 15.4 Å². The van der Waals surface area contributed by atoms with E-state index < -0.39 is 15.9 Å². The van der Waals surface area contributed by atoms with Crippen LogP contribution in [0.25, 0.3) is 0 Å². The lowest BCUT2D eigenvalue weighted by Gasteiger charge is -2.19.